The molecular formula is C12H22N2O3. The summed E-state index contributed by atoms with van der Waals surface area (Å²) >= 11 is 0. The van der Waals surface area contributed by atoms with Gasteiger partial charge in [0.05, 0.1) is 13.2 Å². The van der Waals surface area contributed by atoms with Crippen LogP contribution < -0.4 is 10.6 Å². The van der Waals surface area contributed by atoms with Crippen molar-refractivity contribution in [1.82, 2.24) is 10.6 Å². The molecule has 2 rings (SSSR count). The van der Waals surface area contributed by atoms with E-state index in [2.05, 4.69) is 10.6 Å². The standard InChI is InChI=1S/C12H22N2O3/c1-16-4-5-17-8-12(15)14-11-6-9-2-3-10(7-11)13-9/h9-11,13H,2-8H2,1H3,(H,14,15). The van der Waals surface area contributed by atoms with Crippen LogP contribution in [0.4, 0.5) is 0 Å². The highest BCUT2D eigenvalue weighted by atomic mass is 16.5. The van der Waals surface area contributed by atoms with E-state index < -0.39 is 0 Å². The van der Waals surface area contributed by atoms with Gasteiger partial charge in [0.25, 0.3) is 0 Å². The quantitative estimate of drug-likeness (QED) is 0.646. The van der Waals surface area contributed by atoms with E-state index >= 15 is 0 Å². The van der Waals surface area contributed by atoms with E-state index in [0.29, 0.717) is 31.3 Å². The highest BCUT2D eigenvalue weighted by Crippen LogP contribution is 2.26. The van der Waals surface area contributed by atoms with Crippen molar-refractivity contribution in [3.8, 4) is 0 Å². The van der Waals surface area contributed by atoms with Gasteiger partial charge >= 0.3 is 0 Å². The SMILES string of the molecule is COCCOCC(=O)NC1CC2CCC(C1)N2. The van der Waals surface area contributed by atoms with Gasteiger partial charge in [-0.05, 0) is 25.7 Å². The maximum absolute atomic E-state index is 11.6. The average Bonchev–Trinajstić information content (AvgIpc) is 2.64. The van der Waals surface area contributed by atoms with Gasteiger partial charge in [0.2, 0.25) is 5.91 Å². The van der Waals surface area contributed by atoms with E-state index in [1.165, 1.54) is 12.8 Å². The number of nitrogens with one attached hydrogen (secondary N) is 2. The molecule has 5 nitrogen and oxygen atoms in total. The van der Waals surface area contributed by atoms with Gasteiger partial charge in [-0.25, -0.2) is 0 Å². The summed E-state index contributed by atoms with van der Waals surface area (Å²) in [5, 5.41) is 6.61. The van der Waals surface area contributed by atoms with Crippen molar-refractivity contribution in [2.24, 2.45) is 0 Å². The molecule has 0 aliphatic carbocycles. The highest BCUT2D eigenvalue weighted by molar-refractivity contribution is 5.77. The molecule has 0 aromatic rings. The van der Waals surface area contributed by atoms with Crippen LogP contribution in [0.3, 0.4) is 0 Å². The van der Waals surface area contributed by atoms with Crippen molar-refractivity contribution in [2.45, 2.75) is 43.8 Å². The Morgan fingerprint density at radius 1 is 1.29 bits per heavy atom. The summed E-state index contributed by atoms with van der Waals surface area (Å²) in [6, 6.07) is 1.54. The Hall–Kier alpha value is -0.650. The molecule has 98 valence electrons. The molecule has 0 aromatic carbocycles. The zero-order valence-corrected chi connectivity index (χ0v) is 10.4. The molecule has 2 heterocycles. The molecule has 2 bridgehead atoms. The molecule has 2 atom stereocenters. The molecule has 5 heteroatoms. The Labute approximate surface area is 102 Å². The van der Waals surface area contributed by atoms with Crippen LogP contribution in [-0.2, 0) is 14.3 Å². The number of rotatable bonds is 6. The van der Waals surface area contributed by atoms with Crippen molar-refractivity contribution in [3.05, 3.63) is 0 Å². The summed E-state index contributed by atoms with van der Waals surface area (Å²) in [6.07, 6.45) is 4.61. The first-order valence-corrected chi connectivity index (χ1v) is 6.40. The maximum Gasteiger partial charge on any atom is 0.246 e. The third kappa shape index (κ3) is 3.94. The van der Waals surface area contributed by atoms with Gasteiger partial charge in [0, 0.05) is 25.2 Å². The fourth-order valence-electron chi connectivity index (χ4n) is 2.75. The lowest BCUT2D eigenvalue weighted by Crippen LogP contribution is -2.48. The number of piperidine rings is 1. The van der Waals surface area contributed by atoms with E-state index in [-0.39, 0.29) is 12.5 Å². The maximum atomic E-state index is 11.6. The van der Waals surface area contributed by atoms with E-state index in [1.807, 2.05) is 0 Å². The van der Waals surface area contributed by atoms with Crippen molar-refractivity contribution in [2.75, 3.05) is 26.9 Å². The number of carbonyl (C=O) groups excluding carboxylic acids is 1. The molecule has 1 amide bonds. The van der Waals surface area contributed by atoms with Crippen LogP contribution in [0.15, 0.2) is 0 Å². The number of carbonyl (C=O) groups is 1. The van der Waals surface area contributed by atoms with E-state index in [4.69, 9.17) is 9.47 Å². The van der Waals surface area contributed by atoms with Crippen LogP contribution in [0.5, 0.6) is 0 Å². The largest absolute Gasteiger partial charge is 0.382 e. The van der Waals surface area contributed by atoms with E-state index in [1.54, 1.807) is 7.11 Å². The first kappa shape index (κ1) is 12.8. The third-order valence-electron chi connectivity index (χ3n) is 3.50. The van der Waals surface area contributed by atoms with Gasteiger partial charge < -0.3 is 20.1 Å². The summed E-state index contributed by atoms with van der Waals surface area (Å²) < 4.78 is 10.0. The highest BCUT2D eigenvalue weighted by Gasteiger charge is 2.33. The number of amides is 1. The fraction of sp³-hybridized carbons (Fsp3) is 0.917. The van der Waals surface area contributed by atoms with E-state index in [9.17, 15) is 4.79 Å². The minimum Gasteiger partial charge on any atom is -0.382 e. The van der Waals surface area contributed by atoms with Gasteiger partial charge in [-0.15, -0.1) is 0 Å². The fourth-order valence-corrected chi connectivity index (χ4v) is 2.75. The minimum atomic E-state index is -0.00703. The van der Waals surface area contributed by atoms with Crippen LogP contribution in [0.2, 0.25) is 0 Å². The molecule has 0 spiro atoms. The van der Waals surface area contributed by atoms with Gasteiger partial charge in [-0.1, -0.05) is 0 Å². The smallest absolute Gasteiger partial charge is 0.246 e. The molecule has 2 saturated heterocycles. The molecular weight excluding hydrogens is 220 g/mol. The zero-order chi connectivity index (χ0) is 12.1. The third-order valence-corrected chi connectivity index (χ3v) is 3.50. The Balaban J connectivity index is 1.61. The Bertz CT molecular complexity index is 248. The Morgan fingerprint density at radius 3 is 2.65 bits per heavy atom. The number of hydrogen-bond acceptors (Lipinski definition) is 4. The molecule has 0 aromatic heterocycles. The molecule has 2 unspecified atom stereocenters. The Morgan fingerprint density at radius 2 is 2.00 bits per heavy atom. The van der Waals surface area contributed by atoms with Gasteiger partial charge in [0.15, 0.2) is 0 Å². The zero-order valence-electron chi connectivity index (χ0n) is 10.4. The first-order valence-electron chi connectivity index (χ1n) is 6.40. The van der Waals surface area contributed by atoms with Gasteiger partial charge in [-0.3, -0.25) is 4.79 Å². The van der Waals surface area contributed by atoms with Gasteiger partial charge in [-0.2, -0.15) is 0 Å². The summed E-state index contributed by atoms with van der Waals surface area (Å²) in [5.74, 6) is -0.00703. The average molecular weight is 242 g/mol. The lowest BCUT2D eigenvalue weighted by Gasteiger charge is -2.29. The van der Waals surface area contributed by atoms with Crippen molar-refractivity contribution in [1.29, 1.82) is 0 Å². The van der Waals surface area contributed by atoms with Crippen molar-refractivity contribution in [3.63, 3.8) is 0 Å². The predicted molar refractivity (Wildman–Crippen MR) is 63.8 cm³/mol. The molecule has 2 aliphatic heterocycles. The lowest BCUT2D eigenvalue weighted by molar-refractivity contribution is -0.127. The summed E-state index contributed by atoms with van der Waals surface area (Å²) in [6.45, 7) is 1.15. The van der Waals surface area contributed by atoms with Crippen molar-refractivity contribution < 1.29 is 14.3 Å². The topological polar surface area (TPSA) is 59.6 Å². The second-order valence-electron chi connectivity index (χ2n) is 4.92. The number of fused-ring (bicyclic) bond motifs is 2. The van der Waals surface area contributed by atoms with Gasteiger partial charge in [0.1, 0.15) is 6.61 Å². The van der Waals surface area contributed by atoms with E-state index in [0.717, 1.165) is 12.8 Å². The second kappa shape index (κ2) is 6.33. The number of methoxy groups -OCH3 is 1. The summed E-state index contributed by atoms with van der Waals surface area (Å²) in [4.78, 5) is 11.6. The Kier molecular flexibility index (Phi) is 4.76. The molecule has 0 saturated carbocycles. The summed E-state index contributed by atoms with van der Waals surface area (Å²) in [5.41, 5.74) is 0. The first-order chi connectivity index (χ1) is 8.28. The van der Waals surface area contributed by atoms with Crippen LogP contribution in [0.25, 0.3) is 0 Å². The number of hydrogen-bond donors (Lipinski definition) is 2. The molecule has 2 N–H and O–H groups in total. The van der Waals surface area contributed by atoms with Crippen LogP contribution >= 0.6 is 0 Å². The second-order valence-corrected chi connectivity index (χ2v) is 4.92. The van der Waals surface area contributed by atoms with Crippen LogP contribution in [0, 0.1) is 0 Å². The number of ether oxygens (including phenoxy) is 2. The lowest BCUT2D eigenvalue weighted by atomic mass is 10.00. The van der Waals surface area contributed by atoms with Crippen LogP contribution in [0.1, 0.15) is 25.7 Å². The molecule has 2 aliphatic rings. The van der Waals surface area contributed by atoms with Crippen LogP contribution in [-0.4, -0.2) is 51.0 Å². The monoisotopic (exact) mass is 242 g/mol. The minimum absolute atomic E-state index is 0.00703. The predicted octanol–water partition coefficient (Wildman–Crippen LogP) is 0.0486. The normalized spacial score (nSPS) is 31.5. The van der Waals surface area contributed by atoms with Crippen molar-refractivity contribution >= 4 is 5.91 Å². The summed E-state index contributed by atoms with van der Waals surface area (Å²) in [7, 11) is 1.62. The molecule has 0 radical (unpaired) electrons. The molecule has 2 fully saturated rings. The molecule has 17 heavy (non-hydrogen) atoms.